The van der Waals surface area contributed by atoms with Gasteiger partial charge in [-0.25, -0.2) is 8.42 Å². The van der Waals surface area contributed by atoms with Gasteiger partial charge in [-0.3, -0.25) is 19.1 Å². The van der Waals surface area contributed by atoms with E-state index < -0.39 is 50.6 Å². The minimum absolute atomic E-state index is 0.124. The van der Waals surface area contributed by atoms with Gasteiger partial charge >= 0.3 is 6.01 Å². The highest BCUT2D eigenvalue weighted by Gasteiger charge is 2.62. The van der Waals surface area contributed by atoms with Crippen molar-refractivity contribution < 1.29 is 32.3 Å². The topological polar surface area (TPSA) is 157 Å². The van der Waals surface area contributed by atoms with E-state index in [0.29, 0.717) is 25.1 Å². The number of benzene rings is 1. The highest BCUT2D eigenvalue weighted by molar-refractivity contribution is 7.91. The second-order valence-electron chi connectivity index (χ2n) is 12.5. The summed E-state index contributed by atoms with van der Waals surface area (Å²) in [6, 6.07) is 11.3. The number of methoxy groups -OCH3 is 1. The van der Waals surface area contributed by atoms with Crippen molar-refractivity contribution in [3.63, 3.8) is 0 Å². The summed E-state index contributed by atoms with van der Waals surface area (Å²) >= 11 is 0. The van der Waals surface area contributed by atoms with E-state index in [-0.39, 0.29) is 43.0 Å². The molecular weight excluding hydrogens is 598 g/mol. The van der Waals surface area contributed by atoms with Crippen LogP contribution in [0.4, 0.5) is 0 Å². The first-order valence-electron chi connectivity index (χ1n) is 15.5. The Balaban J connectivity index is 1.26. The first-order valence-corrected chi connectivity index (χ1v) is 17.1. The van der Waals surface area contributed by atoms with Crippen LogP contribution in [0.2, 0.25) is 0 Å². The summed E-state index contributed by atoms with van der Waals surface area (Å²) in [4.78, 5) is 51.6. The highest BCUT2D eigenvalue weighted by Crippen LogP contribution is 2.47. The molecule has 0 unspecified atom stereocenters. The number of ether oxygens (including phenoxy) is 2. The van der Waals surface area contributed by atoms with Gasteiger partial charge in [0.25, 0.3) is 5.91 Å². The number of carbonyl (C=O) groups is 3. The normalized spacial score (nSPS) is 28.7. The fourth-order valence-corrected chi connectivity index (χ4v) is 7.74. The van der Waals surface area contributed by atoms with E-state index in [1.54, 1.807) is 18.0 Å². The monoisotopic (exact) mass is 637 g/mol. The maximum absolute atomic E-state index is 14.0. The Labute approximate surface area is 263 Å². The number of nitrogens with zero attached hydrogens (tertiary/aromatic N) is 3. The van der Waals surface area contributed by atoms with Crippen molar-refractivity contribution in [1.29, 1.82) is 0 Å². The van der Waals surface area contributed by atoms with E-state index in [2.05, 4.69) is 20.0 Å². The van der Waals surface area contributed by atoms with Gasteiger partial charge in [-0.05, 0) is 51.4 Å². The minimum atomic E-state index is -3.81. The van der Waals surface area contributed by atoms with Gasteiger partial charge in [-0.2, -0.15) is 9.97 Å². The molecule has 0 spiro atoms. The van der Waals surface area contributed by atoms with Crippen molar-refractivity contribution in [2.24, 2.45) is 17.8 Å². The molecule has 3 aliphatic carbocycles. The molecule has 0 bridgehead atoms. The fourth-order valence-electron chi connectivity index (χ4n) is 6.37. The summed E-state index contributed by atoms with van der Waals surface area (Å²) in [5, 5.41) is 2.33. The zero-order valence-corrected chi connectivity index (χ0v) is 26.3. The second-order valence-corrected chi connectivity index (χ2v) is 14.5. The Hall–Kier alpha value is -4.00. The first kappa shape index (κ1) is 31.0. The molecule has 6 rings (SSSR count). The molecule has 5 atom stereocenters. The van der Waals surface area contributed by atoms with Crippen LogP contribution >= 0.6 is 0 Å². The summed E-state index contributed by atoms with van der Waals surface area (Å²) in [7, 11) is -0.605. The zero-order valence-electron chi connectivity index (χ0n) is 25.5. The van der Waals surface area contributed by atoms with Gasteiger partial charge in [-0.15, -0.1) is 0 Å². The number of sulfonamides is 1. The SMILES string of the molecule is COc1nc(O[C@@H]2C[C@H]3C(=O)N[C@]4(C(=O)NS(=O)(=O)C5CC5)C[C@H]4C=CCCCCN(C)C(=O)[C@@H]3C2)cc(-c2ccccc2)n1. The fraction of sp³-hybridized carbons (Fsp3) is 0.531. The molecule has 2 N–H and O–H groups in total. The molecule has 2 aromatic rings. The van der Waals surface area contributed by atoms with Gasteiger partial charge in [0.05, 0.1) is 29.9 Å². The molecule has 0 radical (unpaired) electrons. The number of allylic oxidation sites excluding steroid dienone is 1. The number of nitrogens with one attached hydrogen (secondary N) is 2. The van der Waals surface area contributed by atoms with E-state index in [1.165, 1.54) is 7.11 Å². The molecular formula is C32H39N5O7S. The molecule has 13 heteroatoms. The van der Waals surface area contributed by atoms with Crippen molar-refractivity contribution in [3.8, 4) is 23.1 Å². The van der Waals surface area contributed by atoms with Gasteiger partial charge in [0.1, 0.15) is 11.6 Å². The van der Waals surface area contributed by atoms with Gasteiger partial charge in [-0.1, -0.05) is 42.5 Å². The van der Waals surface area contributed by atoms with Crippen molar-refractivity contribution in [2.45, 2.75) is 68.3 Å². The molecule has 1 aromatic carbocycles. The van der Waals surface area contributed by atoms with Gasteiger partial charge in [0.15, 0.2) is 0 Å². The Morgan fingerprint density at radius 2 is 1.84 bits per heavy atom. The number of hydrogen-bond acceptors (Lipinski definition) is 9. The second kappa shape index (κ2) is 12.4. The lowest BCUT2D eigenvalue weighted by atomic mass is 9.93. The van der Waals surface area contributed by atoms with Crippen molar-refractivity contribution >= 4 is 27.7 Å². The smallest absolute Gasteiger partial charge is 0.320 e. The summed E-state index contributed by atoms with van der Waals surface area (Å²) in [6.07, 6.45) is 7.51. The number of aromatic nitrogens is 2. The predicted octanol–water partition coefficient (Wildman–Crippen LogP) is 2.61. The van der Waals surface area contributed by atoms with E-state index in [9.17, 15) is 22.8 Å². The molecule has 3 fully saturated rings. The maximum atomic E-state index is 14.0. The summed E-state index contributed by atoms with van der Waals surface area (Å²) in [5.74, 6) is -2.92. The number of amides is 3. The van der Waals surface area contributed by atoms with E-state index in [0.717, 1.165) is 24.8 Å². The highest BCUT2D eigenvalue weighted by atomic mass is 32.2. The molecule has 3 amide bonds. The minimum Gasteiger partial charge on any atom is -0.474 e. The van der Waals surface area contributed by atoms with Crippen molar-refractivity contribution in [1.82, 2.24) is 24.9 Å². The third-order valence-corrected chi connectivity index (χ3v) is 11.0. The Bertz CT molecular complexity index is 1600. The molecule has 2 heterocycles. The maximum Gasteiger partial charge on any atom is 0.320 e. The van der Waals surface area contributed by atoms with Crippen molar-refractivity contribution in [2.75, 3.05) is 20.7 Å². The summed E-state index contributed by atoms with van der Waals surface area (Å²) in [6.45, 7) is 0.557. The van der Waals surface area contributed by atoms with E-state index in [4.69, 9.17) is 9.47 Å². The standard InChI is InChI=1S/C32H39N5O7S/c1-37-15-9-4-3-8-12-21-19-32(21,30(40)36-45(41,42)23-13-14-23)35-28(38)24-16-22(17-25(24)29(37)39)44-27-18-26(33-31(34-27)43-2)20-10-6-5-7-11-20/h5-8,10-12,18,21-25H,3-4,9,13-17,19H2,1-2H3,(H,35,38)(H,36,40)/t21-,22-,24-,25-,32-/m1/s1. The molecule has 240 valence electrons. The van der Waals surface area contributed by atoms with Crippen LogP contribution in [-0.2, 0) is 24.4 Å². The molecule has 0 saturated heterocycles. The lowest BCUT2D eigenvalue weighted by Crippen LogP contribution is -2.54. The zero-order chi connectivity index (χ0) is 31.8. The molecule has 12 nitrogen and oxygen atoms in total. The molecule has 4 aliphatic rings. The number of carbonyl (C=O) groups excluding carboxylic acids is 3. The number of fused-ring (bicyclic) bond motifs is 2. The third-order valence-electron chi connectivity index (χ3n) is 9.22. The van der Waals surface area contributed by atoms with Crippen LogP contribution in [-0.4, -0.2) is 78.6 Å². The van der Waals surface area contributed by atoms with Crippen LogP contribution in [0.3, 0.4) is 0 Å². The summed E-state index contributed by atoms with van der Waals surface area (Å²) < 4.78 is 39.1. The lowest BCUT2D eigenvalue weighted by Gasteiger charge is -2.26. The van der Waals surface area contributed by atoms with E-state index >= 15 is 0 Å². The molecule has 3 saturated carbocycles. The van der Waals surface area contributed by atoms with Crippen LogP contribution in [0, 0.1) is 17.8 Å². The molecule has 1 aliphatic heterocycles. The van der Waals surface area contributed by atoms with Crippen molar-refractivity contribution in [3.05, 3.63) is 48.6 Å². The largest absolute Gasteiger partial charge is 0.474 e. The molecule has 1 aromatic heterocycles. The van der Waals surface area contributed by atoms with Crippen LogP contribution in [0.15, 0.2) is 48.6 Å². The quantitative estimate of drug-likeness (QED) is 0.436. The third kappa shape index (κ3) is 6.68. The van der Waals surface area contributed by atoms with Crippen LogP contribution in [0.1, 0.15) is 51.4 Å². The average Bonchev–Trinajstić information content (AvgIpc) is 3.95. The Kier molecular flexibility index (Phi) is 8.55. The van der Waals surface area contributed by atoms with Gasteiger partial charge in [0, 0.05) is 31.1 Å². The Morgan fingerprint density at radius 3 is 2.58 bits per heavy atom. The Morgan fingerprint density at radius 1 is 1.09 bits per heavy atom. The lowest BCUT2D eigenvalue weighted by molar-refractivity contribution is -0.140. The van der Waals surface area contributed by atoms with Crippen LogP contribution < -0.4 is 19.5 Å². The first-order chi connectivity index (χ1) is 21.6. The average molecular weight is 638 g/mol. The van der Waals surface area contributed by atoms with Crippen LogP contribution in [0.5, 0.6) is 11.9 Å². The van der Waals surface area contributed by atoms with Gasteiger partial charge < -0.3 is 19.7 Å². The van der Waals surface area contributed by atoms with Gasteiger partial charge in [0.2, 0.25) is 27.7 Å². The van der Waals surface area contributed by atoms with Crippen LogP contribution in [0.25, 0.3) is 11.3 Å². The number of hydrogen-bond donors (Lipinski definition) is 2. The summed E-state index contributed by atoms with van der Waals surface area (Å²) in [5.41, 5.74) is 0.0616. The van der Waals surface area contributed by atoms with E-state index in [1.807, 2.05) is 42.5 Å². The predicted molar refractivity (Wildman–Crippen MR) is 164 cm³/mol. The molecule has 45 heavy (non-hydrogen) atoms. The number of rotatable bonds is 7.